The molecule has 0 spiro atoms. The van der Waals surface area contributed by atoms with E-state index in [1.807, 2.05) is 31.2 Å². The summed E-state index contributed by atoms with van der Waals surface area (Å²) in [5.41, 5.74) is 0.829. The lowest BCUT2D eigenvalue weighted by Gasteiger charge is -2.13. The molecule has 0 aliphatic rings. The van der Waals surface area contributed by atoms with Crippen LogP contribution in [0.15, 0.2) is 24.3 Å². The maximum absolute atomic E-state index is 11.7. The van der Waals surface area contributed by atoms with Crippen LogP contribution < -0.4 is 15.4 Å². The molecular weight excluding hydrogens is 296 g/mol. The van der Waals surface area contributed by atoms with E-state index in [0.29, 0.717) is 11.5 Å². The summed E-state index contributed by atoms with van der Waals surface area (Å²) < 4.78 is 5.71. The Hall–Kier alpha value is -1.62. The van der Waals surface area contributed by atoms with Crippen molar-refractivity contribution in [3.8, 4) is 5.75 Å². The lowest BCUT2D eigenvalue weighted by Crippen LogP contribution is -2.33. The van der Waals surface area contributed by atoms with Crippen molar-refractivity contribution in [2.24, 2.45) is 0 Å². The number of hydrogen-bond acceptors (Lipinski definition) is 3. The van der Waals surface area contributed by atoms with Crippen molar-refractivity contribution in [1.29, 1.82) is 0 Å². The standard InChI is InChI=1S/C17H26N2O2S/c1-4-6-7-8-16(20)19-17(22)18-14-9-11-15(12-10-14)21-13(3)5-2/h9-13H,4-8H2,1-3H3,(H2,18,19,20,22). The summed E-state index contributed by atoms with van der Waals surface area (Å²) in [4.78, 5) is 11.7. The first-order valence-electron chi connectivity index (χ1n) is 7.92. The van der Waals surface area contributed by atoms with Gasteiger partial charge in [-0.05, 0) is 56.2 Å². The summed E-state index contributed by atoms with van der Waals surface area (Å²) in [5.74, 6) is 0.789. The summed E-state index contributed by atoms with van der Waals surface area (Å²) in [6.45, 7) is 6.23. The van der Waals surface area contributed by atoms with Gasteiger partial charge in [-0.1, -0.05) is 26.7 Å². The number of carbonyl (C=O) groups excluding carboxylic acids is 1. The van der Waals surface area contributed by atoms with Gasteiger partial charge in [0.05, 0.1) is 6.10 Å². The van der Waals surface area contributed by atoms with Crippen molar-refractivity contribution in [2.45, 2.75) is 59.0 Å². The predicted octanol–water partition coefficient (Wildman–Crippen LogP) is 4.26. The van der Waals surface area contributed by atoms with Gasteiger partial charge in [-0.15, -0.1) is 0 Å². The number of nitrogens with one attached hydrogen (secondary N) is 2. The summed E-state index contributed by atoms with van der Waals surface area (Å²) in [6.07, 6.45) is 4.73. The number of amides is 1. The summed E-state index contributed by atoms with van der Waals surface area (Å²) in [7, 11) is 0. The molecule has 22 heavy (non-hydrogen) atoms. The SMILES string of the molecule is CCCCCC(=O)NC(=S)Nc1ccc(OC(C)CC)cc1. The number of unbranched alkanes of at least 4 members (excludes halogenated alkanes) is 2. The van der Waals surface area contributed by atoms with Gasteiger partial charge in [0.15, 0.2) is 5.11 Å². The van der Waals surface area contributed by atoms with Crippen LogP contribution in [0.25, 0.3) is 0 Å². The number of thiocarbonyl (C=S) groups is 1. The predicted molar refractivity (Wildman–Crippen MR) is 95.3 cm³/mol. The largest absolute Gasteiger partial charge is 0.491 e. The Balaban J connectivity index is 2.39. The summed E-state index contributed by atoms with van der Waals surface area (Å²) >= 11 is 5.14. The van der Waals surface area contributed by atoms with E-state index < -0.39 is 0 Å². The number of rotatable bonds is 8. The van der Waals surface area contributed by atoms with Crippen molar-refractivity contribution in [1.82, 2.24) is 5.32 Å². The molecule has 122 valence electrons. The molecule has 4 nitrogen and oxygen atoms in total. The molecule has 0 bridgehead atoms. The smallest absolute Gasteiger partial charge is 0.226 e. The molecule has 1 aromatic rings. The molecule has 0 saturated carbocycles. The molecule has 0 radical (unpaired) electrons. The molecular formula is C17H26N2O2S. The maximum Gasteiger partial charge on any atom is 0.226 e. The first-order valence-corrected chi connectivity index (χ1v) is 8.33. The number of ether oxygens (including phenoxy) is 1. The lowest BCUT2D eigenvalue weighted by molar-refractivity contribution is -0.119. The van der Waals surface area contributed by atoms with Crippen molar-refractivity contribution in [3.05, 3.63) is 24.3 Å². The molecule has 0 fully saturated rings. The Labute approximate surface area is 138 Å². The maximum atomic E-state index is 11.7. The van der Waals surface area contributed by atoms with Crippen LogP contribution in [0.1, 0.15) is 52.9 Å². The third kappa shape index (κ3) is 7.41. The van der Waals surface area contributed by atoms with E-state index in [9.17, 15) is 4.79 Å². The van der Waals surface area contributed by atoms with Crippen molar-refractivity contribution >= 4 is 28.9 Å². The fraction of sp³-hybridized carbons (Fsp3) is 0.529. The van der Waals surface area contributed by atoms with Crippen LogP contribution in [0.3, 0.4) is 0 Å². The average molecular weight is 322 g/mol. The van der Waals surface area contributed by atoms with Crippen LogP contribution >= 0.6 is 12.2 Å². The molecule has 1 rings (SSSR count). The number of benzene rings is 1. The fourth-order valence-electron chi connectivity index (χ4n) is 1.82. The van der Waals surface area contributed by atoms with E-state index in [4.69, 9.17) is 17.0 Å². The molecule has 1 aromatic carbocycles. The first-order chi connectivity index (χ1) is 10.5. The molecule has 5 heteroatoms. The average Bonchev–Trinajstić information content (AvgIpc) is 2.49. The molecule has 1 atom stereocenters. The minimum atomic E-state index is -0.0392. The first kappa shape index (κ1) is 18.4. The number of anilines is 1. The van der Waals surface area contributed by atoms with E-state index in [1.165, 1.54) is 0 Å². The Morgan fingerprint density at radius 1 is 1.23 bits per heavy atom. The highest BCUT2D eigenvalue weighted by atomic mass is 32.1. The zero-order chi connectivity index (χ0) is 16.4. The number of carbonyl (C=O) groups is 1. The molecule has 0 aliphatic carbocycles. The van der Waals surface area contributed by atoms with Gasteiger partial charge in [0.25, 0.3) is 0 Å². The van der Waals surface area contributed by atoms with Crippen LogP contribution in [0, 0.1) is 0 Å². The Bertz CT molecular complexity index is 474. The lowest BCUT2D eigenvalue weighted by atomic mass is 10.2. The Morgan fingerprint density at radius 3 is 2.50 bits per heavy atom. The normalized spacial score (nSPS) is 11.6. The van der Waals surface area contributed by atoms with E-state index in [1.54, 1.807) is 0 Å². The fourth-order valence-corrected chi connectivity index (χ4v) is 2.05. The molecule has 0 saturated heterocycles. The number of hydrogen-bond donors (Lipinski definition) is 2. The van der Waals surface area contributed by atoms with Gasteiger partial charge < -0.3 is 15.4 Å². The van der Waals surface area contributed by atoms with Crippen molar-refractivity contribution in [2.75, 3.05) is 5.32 Å². The summed E-state index contributed by atoms with van der Waals surface area (Å²) in [6, 6.07) is 7.54. The molecule has 2 N–H and O–H groups in total. The highest BCUT2D eigenvalue weighted by Crippen LogP contribution is 2.17. The molecule has 0 aliphatic heterocycles. The van der Waals surface area contributed by atoms with Crippen LogP contribution in [-0.2, 0) is 4.79 Å². The highest BCUT2D eigenvalue weighted by molar-refractivity contribution is 7.80. The second kappa shape index (κ2) is 10.2. The topological polar surface area (TPSA) is 50.4 Å². The molecule has 1 unspecified atom stereocenters. The zero-order valence-electron chi connectivity index (χ0n) is 13.6. The molecule has 1 amide bonds. The van der Waals surface area contributed by atoms with Gasteiger partial charge in [0.2, 0.25) is 5.91 Å². The Morgan fingerprint density at radius 2 is 1.91 bits per heavy atom. The second-order valence-corrected chi connectivity index (χ2v) is 5.73. The quantitative estimate of drug-likeness (QED) is 0.555. The van der Waals surface area contributed by atoms with E-state index in [0.717, 1.165) is 37.1 Å². The van der Waals surface area contributed by atoms with Crippen LogP contribution in [-0.4, -0.2) is 17.1 Å². The van der Waals surface area contributed by atoms with E-state index in [2.05, 4.69) is 24.5 Å². The third-order valence-corrected chi connectivity index (χ3v) is 3.49. The van der Waals surface area contributed by atoms with Gasteiger partial charge in [-0.25, -0.2) is 0 Å². The van der Waals surface area contributed by atoms with Crippen LogP contribution in [0.4, 0.5) is 5.69 Å². The molecule has 0 heterocycles. The monoisotopic (exact) mass is 322 g/mol. The van der Waals surface area contributed by atoms with Gasteiger partial charge in [-0.3, -0.25) is 4.79 Å². The summed E-state index contributed by atoms with van der Waals surface area (Å²) in [5, 5.41) is 6.03. The van der Waals surface area contributed by atoms with Crippen molar-refractivity contribution in [3.63, 3.8) is 0 Å². The second-order valence-electron chi connectivity index (χ2n) is 5.32. The minimum Gasteiger partial charge on any atom is -0.491 e. The minimum absolute atomic E-state index is 0.0392. The third-order valence-electron chi connectivity index (χ3n) is 3.28. The highest BCUT2D eigenvalue weighted by Gasteiger charge is 2.05. The van der Waals surface area contributed by atoms with Crippen molar-refractivity contribution < 1.29 is 9.53 Å². The van der Waals surface area contributed by atoms with Crippen LogP contribution in [0.2, 0.25) is 0 Å². The zero-order valence-corrected chi connectivity index (χ0v) is 14.5. The van der Waals surface area contributed by atoms with Gasteiger partial charge in [0, 0.05) is 12.1 Å². The van der Waals surface area contributed by atoms with Gasteiger partial charge in [0.1, 0.15) is 5.75 Å². The van der Waals surface area contributed by atoms with Gasteiger partial charge in [-0.2, -0.15) is 0 Å². The van der Waals surface area contributed by atoms with Gasteiger partial charge >= 0.3 is 0 Å². The Kier molecular flexibility index (Phi) is 8.51. The van der Waals surface area contributed by atoms with E-state index in [-0.39, 0.29) is 12.0 Å². The molecule has 0 aromatic heterocycles. The van der Waals surface area contributed by atoms with Crippen LogP contribution in [0.5, 0.6) is 5.75 Å². The van der Waals surface area contributed by atoms with E-state index >= 15 is 0 Å².